The molecule has 0 bridgehead atoms. The maximum atomic E-state index is 12.8. The molecule has 0 spiro atoms. The summed E-state index contributed by atoms with van der Waals surface area (Å²) >= 11 is 0. The van der Waals surface area contributed by atoms with Gasteiger partial charge in [-0.2, -0.15) is 0 Å². The Morgan fingerprint density at radius 1 is 1.19 bits per heavy atom. The van der Waals surface area contributed by atoms with Gasteiger partial charge in [0.25, 0.3) is 5.91 Å². The number of anilines is 1. The van der Waals surface area contributed by atoms with Gasteiger partial charge in [0, 0.05) is 50.3 Å². The van der Waals surface area contributed by atoms with Crippen molar-refractivity contribution in [1.29, 1.82) is 0 Å². The first-order valence-electron chi connectivity index (χ1n) is 9.76. The molecule has 2 aromatic rings. The molecule has 1 N–H and O–H groups in total. The Labute approximate surface area is 160 Å². The van der Waals surface area contributed by atoms with Crippen LogP contribution in [0, 0.1) is 0 Å². The average Bonchev–Trinajstić information content (AvgIpc) is 2.72. The summed E-state index contributed by atoms with van der Waals surface area (Å²) in [4.78, 5) is 26.9. The lowest BCUT2D eigenvalue weighted by atomic mass is 9.95. The second kappa shape index (κ2) is 7.64. The Kier molecular flexibility index (Phi) is 5.07. The molecular formula is C21H27N5O. The summed E-state index contributed by atoms with van der Waals surface area (Å²) in [5, 5.41) is 3.26. The molecule has 27 heavy (non-hydrogen) atoms. The van der Waals surface area contributed by atoms with Gasteiger partial charge in [-0.1, -0.05) is 18.2 Å². The van der Waals surface area contributed by atoms with E-state index in [9.17, 15) is 4.79 Å². The van der Waals surface area contributed by atoms with Crippen molar-refractivity contribution >= 4 is 11.7 Å². The molecule has 1 unspecified atom stereocenters. The predicted octanol–water partition coefficient (Wildman–Crippen LogP) is 2.53. The van der Waals surface area contributed by atoms with Gasteiger partial charge in [-0.05, 0) is 38.4 Å². The van der Waals surface area contributed by atoms with Crippen molar-refractivity contribution in [2.75, 3.05) is 39.0 Å². The van der Waals surface area contributed by atoms with Gasteiger partial charge in [-0.15, -0.1) is 0 Å². The van der Waals surface area contributed by atoms with Crippen molar-refractivity contribution < 1.29 is 4.79 Å². The van der Waals surface area contributed by atoms with Crippen molar-refractivity contribution in [3.63, 3.8) is 0 Å². The summed E-state index contributed by atoms with van der Waals surface area (Å²) in [5.41, 5.74) is 3.12. The van der Waals surface area contributed by atoms with Crippen molar-refractivity contribution in [2.24, 2.45) is 0 Å². The number of rotatable bonds is 3. The summed E-state index contributed by atoms with van der Waals surface area (Å²) in [7, 11) is 4.06. The lowest BCUT2D eigenvalue weighted by Gasteiger charge is -2.33. The molecule has 0 radical (unpaired) electrons. The maximum absolute atomic E-state index is 12.8. The van der Waals surface area contributed by atoms with Crippen LogP contribution in [0.1, 0.15) is 46.2 Å². The number of carbonyl (C=O) groups excluding carboxylic acids is 1. The van der Waals surface area contributed by atoms with Crippen molar-refractivity contribution in [3.8, 4) is 0 Å². The highest BCUT2D eigenvalue weighted by Gasteiger charge is 2.29. The van der Waals surface area contributed by atoms with E-state index in [2.05, 4.69) is 17.3 Å². The minimum absolute atomic E-state index is 0.104. The number of aromatic nitrogens is 2. The van der Waals surface area contributed by atoms with Gasteiger partial charge < -0.3 is 15.1 Å². The van der Waals surface area contributed by atoms with Crippen LogP contribution in [0.15, 0.2) is 30.3 Å². The van der Waals surface area contributed by atoms with E-state index in [0.29, 0.717) is 6.54 Å². The smallest absolute Gasteiger partial charge is 0.253 e. The molecule has 0 saturated carbocycles. The van der Waals surface area contributed by atoms with E-state index in [0.717, 1.165) is 61.8 Å². The highest BCUT2D eigenvalue weighted by Crippen LogP contribution is 2.30. The summed E-state index contributed by atoms with van der Waals surface area (Å²) in [5.74, 6) is 2.12. The SMILES string of the molecule is CNc1nc(C2CCCN(C(=O)c3ccccc3)C2)nc2c1CCN(C)C2. The van der Waals surface area contributed by atoms with Gasteiger partial charge >= 0.3 is 0 Å². The van der Waals surface area contributed by atoms with Gasteiger partial charge in [0.05, 0.1) is 5.69 Å². The van der Waals surface area contributed by atoms with Gasteiger partial charge in [0.1, 0.15) is 11.6 Å². The van der Waals surface area contributed by atoms with Gasteiger partial charge in [-0.3, -0.25) is 4.79 Å². The fourth-order valence-corrected chi connectivity index (χ4v) is 4.11. The number of nitrogens with zero attached hydrogens (tertiary/aromatic N) is 4. The predicted molar refractivity (Wildman–Crippen MR) is 106 cm³/mol. The minimum atomic E-state index is 0.104. The van der Waals surface area contributed by atoms with Crippen LogP contribution in [0.3, 0.4) is 0 Å². The molecule has 1 aromatic heterocycles. The summed E-state index contributed by atoms with van der Waals surface area (Å²) in [6.45, 7) is 3.38. The quantitative estimate of drug-likeness (QED) is 0.906. The molecule has 1 saturated heterocycles. The first kappa shape index (κ1) is 17.9. The van der Waals surface area contributed by atoms with Crippen LogP contribution in [0.4, 0.5) is 5.82 Å². The Hall–Kier alpha value is -2.47. The molecule has 142 valence electrons. The molecule has 6 nitrogen and oxygen atoms in total. The van der Waals surface area contributed by atoms with Crippen molar-refractivity contribution in [1.82, 2.24) is 19.8 Å². The van der Waals surface area contributed by atoms with Gasteiger partial charge in [-0.25, -0.2) is 9.97 Å². The maximum Gasteiger partial charge on any atom is 0.253 e. The van der Waals surface area contributed by atoms with Crippen LogP contribution >= 0.6 is 0 Å². The largest absolute Gasteiger partial charge is 0.373 e. The number of carbonyl (C=O) groups is 1. The van der Waals surface area contributed by atoms with E-state index in [-0.39, 0.29) is 11.8 Å². The van der Waals surface area contributed by atoms with Gasteiger partial charge in [0.15, 0.2) is 0 Å². The standard InChI is InChI=1S/C21H27N5O/c1-22-20-17-10-12-25(2)14-18(17)23-19(24-20)16-9-6-11-26(13-16)21(27)15-7-4-3-5-8-15/h3-5,7-8,16H,6,9-14H2,1-2H3,(H,22,23,24). The van der Waals surface area contributed by atoms with Crippen LogP contribution in [-0.2, 0) is 13.0 Å². The highest BCUT2D eigenvalue weighted by molar-refractivity contribution is 5.94. The fraction of sp³-hybridized carbons (Fsp3) is 0.476. The zero-order valence-electron chi connectivity index (χ0n) is 16.1. The Bertz CT molecular complexity index is 823. The number of hydrogen-bond donors (Lipinski definition) is 1. The first-order chi connectivity index (χ1) is 13.2. The Morgan fingerprint density at radius 2 is 2.00 bits per heavy atom. The number of piperidine rings is 1. The third-order valence-electron chi connectivity index (χ3n) is 5.60. The van der Waals surface area contributed by atoms with E-state index in [1.807, 2.05) is 42.3 Å². The van der Waals surface area contributed by atoms with E-state index in [1.165, 1.54) is 5.56 Å². The lowest BCUT2D eigenvalue weighted by molar-refractivity contribution is 0.0704. The number of benzene rings is 1. The average molecular weight is 365 g/mol. The lowest BCUT2D eigenvalue weighted by Crippen LogP contribution is -2.40. The zero-order valence-corrected chi connectivity index (χ0v) is 16.1. The summed E-state index contributed by atoms with van der Waals surface area (Å²) in [6.07, 6.45) is 2.99. The van der Waals surface area contributed by atoms with Crippen LogP contribution < -0.4 is 5.32 Å². The van der Waals surface area contributed by atoms with Crippen molar-refractivity contribution in [3.05, 3.63) is 53.0 Å². The molecule has 6 heteroatoms. The van der Waals surface area contributed by atoms with Crippen LogP contribution in [-0.4, -0.2) is 59.4 Å². The third-order valence-corrected chi connectivity index (χ3v) is 5.60. The molecule has 3 heterocycles. The molecule has 1 amide bonds. The number of hydrogen-bond acceptors (Lipinski definition) is 5. The summed E-state index contributed by atoms with van der Waals surface area (Å²) < 4.78 is 0. The number of fused-ring (bicyclic) bond motifs is 1. The monoisotopic (exact) mass is 365 g/mol. The van der Waals surface area contributed by atoms with E-state index >= 15 is 0 Å². The minimum Gasteiger partial charge on any atom is -0.373 e. The van der Waals surface area contributed by atoms with E-state index in [1.54, 1.807) is 0 Å². The Balaban J connectivity index is 1.58. The van der Waals surface area contributed by atoms with E-state index < -0.39 is 0 Å². The summed E-state index contributed by atoms with van der Waals surface area (Å²) in [6, 6.07) is 9.54. The zero-order chi connectivity index (χ0) is 18.8. The number of likely N-dealkylation sites (N-methyl/N-ethyl adjacent to an activating group) is 1. The van der Waals surface area contributed by atoms with Crippen LogP contribution in [0.25, 0.3) is 0 Å². The van der Waals surface area contributed by atoms with E-state index in [4.69, 9.17) is 9.97 Å². The molecule has 2 aliphatic heterocycles. The normalized spacial score (nSPS) is 20.2. The topological polar surface area (TPSA) is 61.4 Å². The molecule has 4 rings (SSSR count). The molecule has 1 fully saturated rings. The van der Waals surface area contributed by atoms with Crippen LogP contribution in [0.2, 0.25) is 0 Å². The second-order valence-electron chi connectivity index (χ2n) is 7.55. The molecular weight excluding hydrogens is 338 g/mol. The van der Waals surface area contributed by atoms with Gasteiger partial charge in [0.2, 0.25) is 0 Å². The molecule has 1 aromatic carbocycles. The van der Waals surface area contributed by atoms with Crippen molar-refractivity contribution in [2.45, 2.75) is 31.7 Å². The fourth-order valence-electron chi connectivity index (χ4n) is 4.11. The third kappa shape index (κ3) is 3.67. The highest BCUT2D eigenvalue weighted by atomic mass is 16.2. The number of likely N-dealkylation sites (tertiary alicyclic amines) is 1. The Morgan fingerprint density at radius 3 is 2.78 bits per heavy atom. The first-order valence-corrected chi connectivity index (χ1v) is 9.76. The molecule has 1 atom stereocenters. The van der Waals surface area contributed by atoms with Crippen LogP contribution in [0.5, 0.6) is 0 Å². The number of amides is 1. The molecule has 0 aliphatic carbocycles. The second-order valence-corrected chi connectivity index (χ2v) is 7.55. The molecule has 2 aliphatic rings. The number of nitrogens with one attached hydrogen (secondary N) is 1.